The fourth-order valence-corrected chi connectivity index (χ4v) is 3.96. The van der Waals surface area contributed by atoms with E-state index in [1.165, 1.54) is 6.42 Å². The molecule has 2 amide bonds. The zero-order valence-electron chi connectivity index (χ0n) is 17.6. The Morgan fingerprint density at radius 3 is 2.41 bits per heavy atom. The van der Waals surface area contributed by atoms with Crippen molar-refractivity contribution < 1.29 is 9.90 Å². The van der Waals surface area contributed by atoms with Crippen molar-refractivity contribution in [2.75, 3.05) is 19.6 Å². The van der Waals surface area contributed by atoms with Crippen LogP contribution in [0.25, 0.3) is 0 Å². The van der Waals surface area contributed by atoms with Gasteiger partial charge in [0.05, 0.1) is 0 Å². The lowest BCUT2D eigenvalue weighted by Gasteiger charge is -2.45. The number of likely N-dealkylation sites (tertiary alicyclic amines) is 1. The summed E-state index contributed by atoms with van der Waals surface area (Å²) in [5, 5.41) is 15.4. The first-order valence-corrected chi connectivity index (χ1v) is 10.2. The van der Waals surface area contributed by atoms with Gasteiger partial charge in [0.2, 0.25) is 0 Å². The van der Waals surface area contributed by atoms with Gasteiger partial charge in [0.15, 0.2) is 0 Å². The molecule has 0 aliphatic carbocycles. The monoisotopic (exact) mass is 375 g/mol. The van der Waals surface area contributed by atoms with E-state index in [0.29, 0.717) is 18.4 Å². The van der Waals surface area contributed by atoms with Crippen LogP contribution in [-0.2, 0) is 6.42 Å². The predicted octanol–water partition coefficient (Wildman–Crippen LogP) is 3.77. The van der Waals surface area contributed by atoms with E-state index in [2.05, 4.69) is 43.2 Å². The van der Waals surface area contributed by atoms with Crippen LogP contribution in [0.4, 0.5) is 4.79 Å². The molecule has 5 heteroatoms. The second kappa shape index (κ2) is 9.45. The number of nitrogens with zero attached hydrogens (tertiary/aromatic N) is 1. The normalized spacial score (nSPS) is 22.3. The van der Waals surface area contributed by atoms with Crippen LogP contribution < -0.4 is 10.6 Å². The largest absolute Gasteiger partial charge is 0.508 e. The minimum Gasteiger partial charge on any atom is -0.508 e. The van der Waals surface area contributed by atoms with Crippen LogP contribution in [0, 0.1) is 11.8 Å². The fourth-order valence-electron chi connectivity index (χ4n) is 3.96. The number of nitrogens with one attached hydrogen (secondary N) is 2. The smallest absolute Gasteiger partial charge is 0.315 e. The van der Waals surface area contributed by atoms with Gasteiger partial charge < -0.3 is 15.7 Å². The highest BCUT2D eigenvalue weighted by Crippen LogP contribution is 2.26. The Morgan fingerprint density at radius 2 is 1.81 bits per heavy atom. The Balaban J connectivity index is 1.73. The molecule has 0 aromatic heterocycles. The molecule has 1 heterocycles. The van der Waals surface area contributed by atoms with Crippen molar-refractivity contribution in [1.29, 1.82) is 0 Å². The number of aromatic hydroxyl groups is 1. The van der Waals surface area contributed by atoms with E-state index in [1.54, 1.807) is 12.1 Å². The van der Waals surface area contributed by atoms with E-state index in [1.807, 2.05) is 19.1 Å². The molecule has 1 aliphatic rings. The second-order valence-electron chi connectivity index (χ2n) is 9.10. The molecule has 1 aliphatic heterocycles. The van der Waals surface area contributed by atoms with Crippen molar-refractivity contribution in [3.05, 3.63) is 29.8 Å². The zero-order valence-corrected chi connectivity index (χ0v) is 17.6. The van der Waals surface area contributed by atoms with Gasteiger partial charge in [-0.3, -0.25) is 4.90 Å². The van der Waals surface area contributed by atoms with Gasteiger partial charge in [-0.15, -0.1) is 0 Å². The first-order chi connectivity index (χ1) is 12.7. The number of hydrogen-bond donors (Lipinski definition) is 3. The topological polar surface area (TPSA) is 64.6 Å². The molecule has 1 aromatic carbocycles. The Bertz CT molecular complexity index is 590. The predicted molar refractivity (Wildman–Crippen MR) is 111 cm³/mol. The van der Waals surface area contributed by atoms with Crippen molar-refractivity contribution in [1.82, 2.24) is 15.5 Å². The molecule has 1 saturated heterocycles. The highest BCUT2D eigenvalue weighted by molar-refractivity contribution is 5.74. The average Bonchev–Trinajstić information content (AvgIpc) is 2.59. The summed E-state index contributed by atoms with van der Waals surface area (Å²) in [6.07, 6.45) is 3.03. The highest BCUT2D eigenvalue weighted by Gasteiger charge is 2.32. The van der Waals surface area contributed by atoms with Gasteiger partial charge >= 0.3 is 6.03 Å². The Kier molecular flexibility index (Phi) is 7.54. The van der Waals surface area contributed by atoms with Crippen LogP contribution in [0.15, 0.2) is 24.3 Å². The summed E-state index contributed by atoms with van der Waals surface area (Å²) in [5.41, 5.74) is 1.12. The van der Waals surface area contributed by atoms with Crippen LogP contribution in [0.3, 0.4) is 0 Å². The molecule has 3 unspecified atom stereocenters. The fraction of sp³-hybridized carbons (Fsp3) is 0.682. The zero-order chi connectivity index (χ0) is 20.0. The summed E-state index contributed by atoms with van der Waals surface area (Å²) in [6.45, 7) is 13.9. The lowest BCUT2D eigenvalue weighted by atomic mass is 9.88. The number of phenols is 1. The molecule has 3 N–H and O–H groups in total. The first kappa shape index (κ1) is 21.5. The number of carbonyl (C=O) groups excluding carboxylic acids is 1. The lowest BCUT2D eigenvalue weighted by molar-refractivity contribution is 0.0472. The SMILES string of the molecule is CC1CC(C)CN(C(C)(C)CNC(=O)NC(C)CCc2ccc(O)cc2)C1. The molecule has 3 atom stereocenters. The molecule has 152 valence electrons. The number of hydrogen-bond acceptors (Lipinski definition) is 3. The number of piperidine rings is 1. The molecule has 0 radical (unpaired) electrons. The Labute approximate surface area is 164 Å². The minimum absolute atomic E-state index is 0.0461. The Morgan fingerprint density at radius 1 is 1.22 bits per heavy atom. The number of benzene rings is 1. The van der Waals surface area contributed by atoms with Gasteiger partial charge in [-0.05, 0) is 69.6 Å². The maximum Gasteiger partial charge on any atom is 0.315 e. The third-order valence-electron chi connectivity index (χ3n) is 5.59. The second-order valence-corrected chi connectivity index (χ2v) is 9.10. The van der Waals surface area contributed by atoms with E-state index < -0.39 is 0 Å². The number of carbonyl (C=O) groups is 1. The highest BCUT2D eigenvalue weighted by atomic mass is 16.3. The van der Waals surface area contributed by atoms with E-state index in [4.69, 9.17) is 0 Å². The summed E-state index contributed by atoms with van der Waals surface area (Å²) in [7, 11) is 0. The summed E-state index contributed by atoms with van der Waals surface area (Å²) < 4.78 is 0. The molecule has 0 spiro atoms. The summed E-state index contributed by atoms with van der Waals surface area (Å²) in [4.78, 5) is 14.8. The van der Waals surface area contributed by atoms with Gasteiger partial charge in [-0.25, -0.2) is 4.79 Å². The van der Waals surface area contributed by atoms with E-state index in [-0.39, 0.29) is 23.4 Å². The van der Waals surface area contributed by atoms with Gasteiger partial charge in [0.1, 0.15) is 5.75 Å². The van der Waals surface area contributed by atoms with E-state index in [0.717, 1.165) is 31.5 Å². The number of urea groups is 1. The molecule has 0 saturated carbocycles. The molecule has 1 aromatic rings. The van der Waals surface area contributed by atoms with Crippen LogP contribution >= 0.6 is 0 Å². The van der Waals surface area contributed by atoms with E-state index >= 15 is 0 Å². The molecular weight excluding hydrogens is 338 g/mol. The van der Waals surface area contributed by atoms with Gasteiger partial charge in [0.25, 0.3) is 0 Å². The van der Waals surface area contributed by atoms with Crippen molar-refractivity contribution in [2.24, 2.45) is 11.8 Å². The molecule has 2 rings (SSSR count). The van der Waals surface area contributed by atoms with Crippen molar-refractivity contribution in [3.8, 4) is 5.75 Å². The summed E-state index contributed by atoms with van der Waals surface area (Å²) in [6, 6.07) is 7.24. The van der Waals surface area contributed by atoms with Crippen LogP contribution in [0.5, 0.6) is 5.75 Å². The quantitative estimate of drug-likeness (QED) is 0.680. The maximum absolute atomic E-state index is 12.3. The molecule has 0 bridgehead atoms. The average molecular weight is 376 g/mol. The maximum atomic E-state index is 12.3. The van der Waals surface area contributed by atoms with Crippen LogP contribution in [-0.4, -0.2) is 47.3 Å². The molecule has 1 fully saturated rings. The number of rotatable bonds is 7. The third-order valence-corrected chi connectivity index (χ3v) is 5.59. The minimum atomic E-state index is -0.0978. The molecular formula is C22H37N3O2. The third kappa shape index (κ3) is 7.06. The van der Waals surface area contributed by atoms with Crippen LogP contribution in [0.1, 0.15) is 53.0 Å². The van der Waals surface area contributed by atoms with Crippen LogP contribution in [0.2, 0.25) is 0 Å². The van der Waals surface area contributed by atoms with Crippen molar-refractivity contribution in [3.63, 3.8) is 0 Å². The van der Waals surface area contributed by atoms with Crippen molar-refractivity contribution >= 4 is 6.03 Å². The number of phenolic OH excluding ortho intramolecular Hbond substituents is 1. The van der Waals surface area contributed by atoms with Gasteiger partial charge in [0, 0.05) is 31.2 Å². The standard InChI is InChI=1S/C22H37N3O2/c1-16-12-17(2)14-25(13-16)22(4,5)15-23-21(27)24-18(3)6-7-19-8-10-20(26)11-9-19/h8-11,16-18,26H,6-7,12-15H2,1-5H3,(H2,23,24,27). The number of amides is 2. The molecule has 27 heavy (non-hydrogen) atoms. The van der Waals surface area contributed by atoms with Gasteiger partial charge in [-0.1, -0.05) is 26.0 Å². The first-order valence-electron chi connectivity index (χ1n) is 10.2. The van der Waals surface area contributed by atoms with Gasteiger partial charge in [-0.2, -0.15) is 0 Å². The lowest BCUT2D eigenvalue weighted by Crippen LogP contribution is -2.57. The van der Waals surface area contributed by atoms with Crippen molar-refractivity contribution in [2.45, 2.75) is 65.5 Å². The summed E-state index contributed by atoms with van der Waals surface area (Å²) >= 11 is 0. The number of aryl methyl sites for hydroxylation is 1. The summed E-state index contributed by atoms with van der Waals surface area (Å²) in [5.74, 6) is 1.70. The molecule has 5 nitrogen and oxygen atoms in total. The Hall–Kier alpha value is -1.75. The van der Waals surface area contributed by atoms with E-state index in [9.17, 15) is 9.90 Å².